The van der Waals surface area contributed by atoms with Crippen molar-refractivity contribution in [2.45, 2.75) is 27.3 Å². The summed E-state index contributed by atoms with van der Waals surface area (Å²) < 4.78 is 1.88. The van der Waals surface area contributed by atoms with Crippen molar-refractivity contribution in [3.05, 3.63) is 45.2 Å². The topological polar surface area (TPSA) is 54.3 Å². The number of aryl methyl sites for hydroxylation is 1. The van der Waals surface area contributed by atoms with Crippen molar-refractivity contribution >= 4 is 28.4 Å². The van der Waals surface area contributed by atoms with Gasteiger partial charge in [-0.2, -0.15) is 0 Å². The molecule has 2 rings (SSSR count). The fraction of sp³-hybridized carbons (Fsp3) is 0.444. The van der Waals surface area contributed by atoms with Gasteiger partial charge in [-0.05, 0) is 38.2 Å². The van der Waals surface area contributed by atoms with Gasteiger partial charge in [-0.25, -0.2) is 0 Å². The molecule has 130 valence electrons. The lowest BCUT2D eigenvalue weighted by Crippen LogP contribution is -2.36. The average Bonchev–Trinajstić information content (AvgIpc) is 2.58. The van der Waals surface area contributed by atoms with Crippen molar-refractivity contribution < 1.29 is 4.79 Å². The second-order valence-corrected chi connectivity index (χ2v) is 6.04. The highest BCUT2D eigenvalue weighted by Gasteiger charge is 2.15. The van der Waals surface area contributed by atoms with Crippen LogP contribution in [0.4, 0.5) is 0 Å². The molecule has 0 saturated heterocycles. The molecule has 24 heavy (non-hydrogen) atoms. The van der Waals surface area contributed by atoms with E-state index in [4.69, 9.17) is 11.6 Å². The van der Waals surface area contributed by atoms with Gasteiger partial charge in [0.25, 0.3) is 5.91 Å². The lowest BCUT2D eigenvalue weighted by Gasteiger charge is -2.18. The van der Waals surface area contributed by atoms with Crippen LogP contribution in [0.15, 0.2) is 29.2 Å². The minimum Gasteiger partial charge on any atom is -0.351 e. The Hall–Kier alpha value is -1.85. The number of likely N-dealkylation sites (N-methyl/N-ethyl adjacent to an activating group) is 1. The van der Waals surface area contributed by atoms with Crippen LogP contribution in [0.3, 0.4) is 0 Å². The third-order valence-electron chi connectivity index (χ3n) is 4.24. The minimum absolute atomic E-state index is 0.172. The molecule has 0 aliphatic heterocycles. The average molecular weight is 350 g/mol. The summed E-state index contributed by atoms with van der Waals surface area (Å²) in [6, 6.07) is 5.11. The van der Waals surface area contributed by atoms with Crippen LogP contribution in [0.2, 0.25) is 5.02 Å². The maximum Gasteiger partial charge on any atom is 0.256 e. The van der Waals surface area contributed by atoms with E-state index in [1.807, 2.05) is 11.5 Å². The Kier molecular flexibility index (Phi) is 6.40. The normalized spacial score (nSPS) is 11.2. The number of carbonyl (C=O) groups is 1. The molecule has 0 aliphatic rings. The van der Waals surface area contributed by atoms with Gasteiger partial charge >= 0.3 is 0 Å². The largest absolute Gasteiger partial charge is 0.351 e. The van der Waals surface area contributed by atoms with Crippen molar-refractivity contribution in [2.24, 2.45) is 0 Å². The van der Waals surface area contributed by atoms with Gasteiger partial charge in [0, 0.05) is 36.2 Å². The molecule has 0 aliphatic carbocycles. The Balaban J connectivity index is 2.28. The Morgan fingerprint density at radius 2 is 1.96 bits per heavy atom. The van der Waals surface area contributed by atoms with E-state index in [-0.39, 0.29) is 16.9 Å². The molecule has 1 aromatic carbocycles. The standard InChI is InChI=1S/C18H24ClN3O2/c1-4-21(5-2)10-9-20-18(24)15-12-22(6-3)16-11-13(19)7-8-14(16)17(15)23/h7-8,11-12H,4-6,9-10H2,1-3H3,(H,20,24). The molecule has 2 aromatic rings. The molecule has 0 bridgehead atoms. The van der Waals surface area contributed by atoms with Gasteiger partial charge in [-0.15, -0.1) is 0 Å². The van der Waals surface area contributed by atoms with Gasteiger partial charge in [-0.1, -0.05) is 25.4 Å². The summed E-state index contributed by atoms with van der Waals surface area (Å²) in [5.74, 6) is -0.328. The molecule has 0 unspecified atom stereocenters. The fourth-order valence-electron chi connectivity index (χ4n) is 2.75. The van der Waals surface area contributed by atoms with E-state index in [1.54, 1.807) is 24.4 Å². The van der Waals surface area contributed by atoms with E-state index in [0.29, 0.717) is 23.5 Å². The number of amides is 1. The number of benzene rings is 1. The Bertz CT molecular complexity index is 782. The zero-order chi connectivity index (χ0) is 17.7. The number of nitrogens with zero attached hydrogens (tertiary/aromatic N) is 2. The van der Waals surface area contributed by atoms with Gasteiger partial charge in [0.15, 0.2) is 0 Å². The Morgan fingerprint density at radius 3 is 2.58 bits per heavy atom. The maximum absolute atomic E-state index is 12.6. The van der Waals surface area contributed by atoms with Gasteiger partial charge in [0.1, 0.15) is 5.56 Å². The van der Waals surface area contributed by atoms with Crippen molar-refractivity contribution in [3.63, 3.8) is 0 Å². The van der Waals surface area contributed by atoms with Gasteiger partial charge in [0.2, 0.25) is 5.43 Å². The van der Waals surface area contributed by atoms with E-state index in [1.165, 1.54) is 0 Å². The molecule has 1 amide bonds. The van der Waals surface area contributed by atoms with Gasteiger partial charge < -0.3 is 14.8 Å². The van der Waals surface area contributed by atoms with Gasteiger partial charge in [-0.3, -0.25) is 9.59 Å². The number of halogens is 1. The van der Waals surface area contributed by atoms with Crippen molar-refractivity contribution in [1.29, 1.82) is 0 Å². The van der Waals surface area contributed by atoms with Crippen molar-refractivity contribution in [1.82, 2.24) is 14.8 Å². The van der Waals surface area contributed by atoms with Crippen LogP contribution in [0.5, 0.6) is 0 Å². The van der Waals surface area contributed by atoms with Crippen LogP contribution in [-0.2, 0) is 6.54 Å². The van der Waals surface area contributed by atoms with Crippen LogP contribution in [-0.4, -0.2) is 41.6 Å². The summed E-state index contributed by atoms with van der Waals surface area (Å²) in [6.45, 7) is 9.94. The molecule has 0 radical (unpaired) electrons. The molecular formula is C18H24ClN3O2. The van der Waals surface area contributed by atoms with E-state index >= 15 is 0 Å². The summed E-state index contributed by atoms with van der Waals surface area (Å²) >= 11 is 6.03. The van der Waals surface area contributed by atoms with Crippen LogP contribution >= 0.6 is 11.6 Å². The van der Waals surface area contributed by atoms with Crippen LogP contribution in [0.25, 0.3) is 10.9 Å². The van der Waals surface area contributed by atoms with Crippen LogP contribution < -0.4 is 10.7 Å². The third-order valence-corrected chi connectivity index (χ3v) is 4.47. The molecule has 6 heteroatoms. The van der Waals surface area contributed by atoms with Gasteiger partial charge in [0.05, 0.1) is 5.52 Å². The number of hydrogen-bond acceptors (Lipinski definition) is 3. The minimum atomic E-state index is -0.328. The lowest BCUT2D eigenvalue weighted by atomic mass is 10.1. The number of aromatic nitrogens is 1. The smallest absolute Gasteiger partial charge is 0.256 e. The monoisotopic (exact) mass is 349 g/mol. The molecular weight excluding hydrogens is 326 g/mol. The first-order chi connectivity index (χ1) is 11.5. The second-order valence-electron chi connectivity index (χ2n) is 5.60. The fourth-order valence-corrected chi connectivity index (χ4v) is 2.92. The Labute approximate surface area is 147 Å². The highest BCUT2D eigenvalue weighted by Crippen LogP contribution is 2.17. The second kappa shape index (κ2) is 8.31. The summed E-state index contributed by atoms with van der Waals surface area (Å²) in [7, 11) is 0. The number of carbonyl (C=O) groups excluding carboxylic acids is 1. The first-order valence-corrected chi connectivity index (χ1v) is 8.72. The molecule has 0 fully saturated rings. The number of pyridine rings is 1. The van der Waals surface area contributed by atoms with E-state index < -0.39 is 0 Å². The molecule has 0 atom stereocenters. The predicted octanol–water partition coefficient (Wildman–Crippen LogP) is 2.75. The quantitative estimate of drug-likeness (QED) is 0.836. The first kappa shape index (κ1) is 18.5. The highest BCUT2D eigenvalue weighted by molar-refractivity contribution is 6.31. The summed E-state index contributed by atoms with van der Waals surface area (Å²) in [6.07, 6.45) is 1.62. The Morgan fingerprint density at radius 1 is 1.25 bits per heavy atom. The summed E-state index contributed by atoms with van der Waals surface area (Å²) in [5, 5.41) is 3.93. The van der Waals surface area contributed by atoms with E-state index in [9.17, 15) is 9.59 Å². The number of fused-ring (bicyclic) bond motifs is 1. The molecule has 1 heterocycles. The van der Waals surface area contributed by atoms with E-state index in [2.05, 4.69) is 24.1 Å². The summed E-state index contributed by atoms with van der Waals surface area (Å²) in [4.78, 5) is 27.3. The maximum atomic E-state index is 12.6. The SMILES string of the molecule is CCN(CC)CCNC(=O)c1cn(CC)c2cc(Cl)ccc2c1=O. The molecule has 0 spiro atoms. The van der Waals surface area contributed by atoms with Crippen molar-refractivity contribution in [3.8, 4) is 0 Å². The van der Waals surface area contributed by atoms with Crippen LogP contribution in [0.1, 0.15) is 31.1 Å². The predicted molar refractivity (Wildman–Crippen MR) is 99.0 cm³/mol. The molecule has 0 saturated carbocycles. The first-order valence-electron chi connectivity index (χ1n) is 8.35. The molecule has 1 N–H and O–H groups in total. The lowest BCUT2D eigenvalue weighted by molar-refractivity contribution is 0.0947. The zero-order valence-corrected chi connectivity index (χ0v) is 15.2. The number of rotatable bonds is 7. The van der Waals surface area contributed by atoms with Crippen molar-refractivity contribution in [2.75, 3.05) is 26.2 Å². The molecule has 1 aromatic heterocycles. The zero-order valence-electron chi connectivity index (χ0n) is 14.4. The number of hydrogen-bond donors (Lipinski definition) is 1. The number of nitrogens with one attached hydrogen (secondary N) is 1. The molecule has 5 nitrogen and oxygen atoms in total. The third kappa shape index (κ3) is 3.97. The van der Waals surface area contributed by atoms with Crippen LogP contribution in [0, 0.1) is 0 Å². The highest BCUT2D eigenvalue weighted by atomic mass is 35.5. The van der Waals surface area contributed by atoms with E-state index in [0.717, 1.165) is 25.2 Å². The summed E-state index contributed by atoms with van der Waals surface area (Å²) in [5.41, 5.74) is 0.660.